The summed E-state index contributed by atoms with van der Waals surface area (Å²) in [5.74, 6) is 0. The third-order valence-electron chi connectivity index (χ3n) is 2.85. The van der Waals surface area contributed by atoms with Gasteiger partial charge in [0.2, 0.25) is 0 Å². The smallest absolute Gasteiger partial charge is 0.135 e. The Kier molecular flexibility index (Phi) is 2.03. The van der Waals surface area contributed by atoms with Gasteiger partial charge < -0.3 is 4.42 Å². The molecule has 0 bridgehead atoms. The van der Waals surface area contributed by atoms with Gasteiger partial charge >= 0.3 is 0 Å². The molecule has 3 rings (SSSR count). The highest BCUT2D eigenvalue weighted by Gasteiger charge is 2.08. The second kappa shape index (κ2) is 3.53. The Morgan fingerprint density at radius 2 is 1.81 bits per heavy atom. The van der Waals surface area contributed by atoms with Crippen molar-refractivity contribution in [1.82, 2.24) is 0 Å². The Labute approximate surface area is 94.0 Å². The zero-order valence-electron chi connectivity index (χ0n) is 8.94. The van der Waals surface area contributed by atoms with Crippen LogP contribution in [-0.2, 0) is 6.42 Å². The Bertz CT molecular complexity index is 661. The van der Waals surface area contributed by atoms with Crippen LogP contribution in [0.3, 0.4) is 0 Å². The average Bonchev–Trinajstić information content (AvgIpc) is 2.68. The molecule has 0 aliphatic rings. The van der Waals surface area contributed by atoms with E-state index < -0.39 is 0 Å². The standard InChI is InChI=1S/C15H12O/c1-2-6-11-7-5-10-14-15(11)12-8-3-4-9-13(12)16-14/h2-5,7-10H,1,6H2. The number of hydrogen-bond acceptors (Lipinski definition) is 1. The van der Waals surface area contributed by atoms with E-state index in [1.165, 1.54) is 16.3 Å². The van der Waals surface area contributed by atoms with Gasteiger partial charge in [-0.2, -0.15) is 0 Å². The minimum atomic E-state index is 0.876. The van der Waals surface area contributed by atoms with Gasteiger partial charge in [0.05, 0.1) is 0 Å². The minimum Gasteiger partial charge on any atom is -0.456 e. The van der Waals surface area contributed by atoms with Gasteiger partial charge in [-0.1, -0.05) is 36.4 Å². The van der Waals surface area contributed by atoms with E-state index in [1.54, 1.807) is 0 Å². The predicted octanol–water partition coefficient (Wildman–Crippen LogP) is 4.31. The average molecular weight is 208 g/mol. The molecule has 0 aliphatic heterocycles. The van der Waals surface area contributed by atoms with Crippen molar-refractivity contribution in [3.05, 3.63) is 60.7 Å². The van der Waals surface area contributed by atoms with E-state index in [0.717, 1.165) is 17.6 Å². The first kappa shape index (κ1) is 9.22. The molecular formula is C15H12O. The lowest BCUT2D eigenvalue weighted by Gasteiger charge is -1.98. The maximum Gasteiger partial charge on any atom is 0.135 e. The Morgan fingerprint density at radius 3 is 2.69 bits per heavy atom. The zero-order chi connectivity index (χ0) is 11.0. The largest absolute Gasteiger partial charge is 0.456 e. The van der Waals surface area contributed by atoms with E-state index in [9.17, 15) is 0 Å². The number of allylic oxidation sites excluding steroid dienone is 1. The number of rotatable bonds is 2. The minimum absolute atomic E-state index is 0.876. The molecule has 0 fully saturated rings. The molecule has 1 heteroatoms. The van der Waals surface area contributed by atoms with Crippen LogP contribution < -0.4 is 0 Å². The van der Waals surface area contributed by atoms with Gasteiger partial charge in [-0.3, -0.25) is 0 Å². The molecule has 0 spiro atoms. The molecule has 0 unspecified atom stereocenters. The van der Waals surface area contributed by atoms with Crippen molar-refractivity contribution >= 4 is 21.9 Å². The van der Waals surface area contributed by atoms with E-state index >= 15 is 0 Å². The van der Waals surface area contributed by atoms with Gasteiger partial charge in [-0.05, 0) is 24.1 Å². The summed E-state index contributed by atoms with van der Waals surface area (Å²) in [6.07, 6.45) is 2.80. The highest BCUT2D eigenvalue weighted by atomic mass is 16.3. The summed E-state index contributed by atoms with van der Waals surface area (Å²) in [6.45, 7) is 3.80. The number of furan rings is 1. The van der Waals surface area contributed by atoms with Crippen molar-refractivity contribution in [2.24, 2.45) is 0 Å². The molecule has 0 N–H and O–H groups in total. The van der Waals surface area contributed by atoms with Crippen LogP contribution in [0, 0.1) is 0 Å². The van der Waals surface area contributed by atoms with Crippen LogP contribution in [0.5, 0.6) is 0 Å². The fraction of sp³-hybridized carbons (Fsp3) is 0.0667. The Balaban J connectivity index is 2.47. The van der Waals surface area contributed by atoms with Gasteiger partial charge in [0.25, 0.3) is 0 Å². The lowest BCUT2D eigenvalue weighted by Crippen LogP contribution is -1.81. The Hall–Kier alpha value is -2.02. The molecule has 0 saturated carbocycles. The van der Waals surface area contributed by atoms with Gasteiger partial charge in [0.1, 0.15) is 11.2 Å². The number of para-hydroxylation sites is 1. The fourth-order valence-electron chi connectivity index (χ4n) is 2.17. The summed E-state index contributed by atoms with van der Waals surface area (Å²) in [5.41, 5.74) is 3.19. The maximum absolute atomic E-state index is 5.81. The predicted molar refractivity (Wildman–Crippen MR) is 67.6 cm³/mol. The first-order valence-electron chi connectivity index (χ1n) is 5.40. The lowest BCUT2D eigenvalue weighted by molar-refractivity contribution is 0.669. The van der Waals surface area contributed by atoms with Crippen LogP contribution in [-0.4, -0.2) is 0 Å². The zero-order valence-corrected chi connectivity index (χ0v) is 8.94. The quantitative estimate of drug-likeness (QED) is 0.572. The molecule has 0 atom stereocenters. The van der Waals surface area contributed by atoms with Gasteiger partial charge in [0.15, 0.2) is 0 Å². The van der Waals surface area contributed by atoms with Crippen LogP contribution in [0.2, 0.25) is 0 Å². The van der Waals surface area contributed by atoms with Crippen LogP contribution >= 0.6 is 0 Å². The fourth-order valence-corrected chi connectivity index (χ4v) is 2.17. The number of benzene rings is 2. The monoisotopic (exact) mass is 208 g/mol. The van der Waals surface area contributed by atoms with Crippen molar-refractivity contribution in [3.8, 4) is 0 Å². The second-order valence-corrected chi connectivity index (χ2v) is 3.88. The molecule has 0 radical (unpaired) electrons. The molecule has 78 valence electrons. The van der Waals surface area contributed by atoms with Crippen molar-refractivity contribution in [3.63, 3.8) is 0 Å². The molecule has 1 aromatic heterocycles. The summed E-state index contributed by atoms with van der Waals surface area (Å²) in [4.78, 5) is 0. The van der Waals surface area contributed by atoms with Crippen molar-refractivity contribution in [2.45, 2.75) is 6.42 Å². The Morgan fingerprint density at radius 1 is 1.00 bits per heavy atom. The van der Waals surface area contributed by atoms with E-state index in [0.29, 0.717) is 0 Å². The van der Waals surface area contributed by atoms with Crippen LogP contribution in [0.15, 0.2) is 59.5 Å². The molecule has 0 aliphatic carbocycles. The van der Waals surface area contributed by atoms with Crippen LogP contribution in [0.4, 0.5) is 0 Å². The molecule has 2 aromatic carbocycles. The van der Waals surface area contributed by atoms with Crippen molar-refractivity contribution in [1.29, 1.82) is 0 Å². The van der Waals surface area contributed by atoms with E-state index in [-0.39, 0.29) is 0 Å². The number of fused-ring (bicyclic) bond motifs is 3. The highest BCUT2D eigenvalue weighted by molar-refractivity contribution is 6.06. The number of hydrogen-bond donors (Lipinski definition) is 0. The lowest BCUT2D eigenvalue weighted by atomic mass is 10.0. The molecule has 1 heterocycles. The highest BCUT2D eigenvalue weighted by Crippen LogP contribution is 2.31. The first-order chi connectivity index (χ1) is 7.90. The molecular weight excluding hydrogens is 196 g/mol. The third kappa shape index (κ3) is 1.25. The molecule has 3 aromatic rings. The van der Waals surface area contributed by atoms with Gasteiger partial charge in [-0.15, -0.1) is 6.58 Å². The van der Waals surface area contributed by atoms with Crippen LogP contribution in [0.25, 0.3) is 21.9 Å². The van der Waals surface area contributed by atoms with Crippen LogP contribution in [0.1, 0.15) is 5.56 Å². The van der Waals surface area contributed by atoms with Gasteiger partial charge in [0, 0.05) is 10.8 Å². The summed E-state index contributed by atoms with van der Waals surface area (Å²) >= 11 is 0. The summed E-state index contributed by atoms with van der Waals surface area (Å²) in [5, 5.41) is 2.41. The van der Waals surface area contributed by atoms with Gasteiger partial charge in [-0.25, -0.2) is 0 Å². The topological polar surface area (TPSA) is 13.1 Å². The second-order valence-electron chi connectivity index (χ2n) is 3.88. The van der Waals surface area contributed by atoms with Crippen molar-refractivity contribution in [2.75, 3.05) is 0 Å². The van der Waals surface area contributed by atoms with Crippen molar-refractivity contribution < 1.29 is 4.42 Å². The third-order valence-corrected chi connectivity index (χ3v) is 2.85. The summed E-state index contributed by atoms with van der Waals surface area (Å²) in [6, 6.07) is 14.3. The normalized spacial score (nSPS) is 11.0. The van der Waals surface area contributed by atoms with E-state index in [4.69, 9.17) is 4.42 Å². The van der Waals surface area contributed by atoms with E-state index in [1.807, 2.05) is 36.4 Å². The molecule has 1 nitrogen and oxygen atoms in total. The van der Waals surface area contributed by atoms with E-state index in [2.05, 4.69) is 18.7 Å². The molecule has 16 heavy (non-hydrogen) atoms. The summed E-state index contributed by atoms with van der Waals surface area (Å²) < 4.78 is 5.81. The SMILES string of the molecule is C=CCc1cccc2oc3ccccc3c12. The molecule has 0 amide bonds. The maximum atomic E-state index is 5.81. The first-order valence-corrected chi connectivity index (χ1v) is 5.40. The molecule has 0 saturated heterocycles. The summed E-state index contributed by atoms with van der Waals surface area (Å²) in [7, 11) is 0.